The Morgan fingerprint density at radius 2 is 0.909 bits per heavy atom. The lowest BCUT2D eigenvalue weighted by atomic mass is 10.1. The quantitative estimate of drug-likeness (QED) is 0.0471. The van der Waals surface area contributed by atoms with Crippen molar-refractivity contribution in [2.75, 3.05) is 117 Å². The van der Waals surface area contributed by atoms with Crippen LogP contribution in [0, 0.1) is 0 Å². The van der Waals surface area contributed by atoms with E-state index in [2.05, 4.69) is 47.6 Å². The number of unbranched alkanes of at least 4 members (excludes halogenated alkanes) is 1. The molecular formula is C46H66N10O10. The van der Waals surface area contributed by atoms with Gasteiger partial charge in [-0.15, -0.1) is 0 Å². The molecule has 2 aromatic carbocycles. The van der Waals surface area contributed by atoms with Crippen LogP contribution in [-0.4, -0.2) is 155 Å². The Labute approximate surface area is 385 Å². The summed E-state index contributed by atoms with van der Waals surface area (Å²) in [5.74, 6) is 2.32. The highest BCUT2D eigenvalue weighted by Crippen LogP contribution is 2.34. The minimum absolute atomic E-state index is 0.0218. The molecule has 0 saturated carbocycles. The summed E-state index contributed by atoms with van der Waals surface area (Å²) in [4.78, 5) is 17.1. The van der Waals surface area contributed by atoms with E-state index < -0.39 is 0 Å². The van der Waals surface area contributed by atoms with Gasteiger partial charge < -0.3 is 59.6 Å². The van der Waals surface area contributed by atoms with Gasteiger partial charge in [-0.2, -0.15) is 10.2 Å². The average molecular weight is 919 g/mol. The SMILES string of the molecule is CC(C)(C)n1nc(-c2ccc(OCCOCCOCCOCCO)cc2)c2c(N)ncnc21.CCCCn1nc(-c2ccc(OCCOCCOCCOCCO)cc2)c2c(N)ncnc21. The second kappa shape index (κ2) is 27.8. The molecule has 6 N–H and O–H groups in total. The molecule has 0 amide bonds. The number of fused-ring (bicyclic) bond motifs is 2. The number of hydrogen-bond acceptors (Lipinski definition) is 18. The molecule has 66 heavy (non-hydrogen) atoms. The van der Waals surface area contributed by atoms with Crippen molar-refractivity contribution in [2.24, 2.45) is 0 Å². The van der Waals surface area contributed by atoms with Crippen molar-refractivity contribution in [3.8, 4) is 34.0 Å². The van der Waals surface area contributed by atoms with Crippen molar-refractivity contribution >= 4 is 33.7 Å². The Kier molecular flexibility index (Phi) is 21.6. The van der Waals surface area contributed by atoms with Gasteiger partial charge in [-0.25, -0.2) is 29.3 Å². The first-order valence-electron chi connectivity index (χ1n) is 22.3. The highest BCUT2D eigenvalue weighted by Gasteiger charge is 2.24. The van der Waals surface area contributed by atoms with E-state index in [4.69, 9.17) is 69.8 Å². The lowest BCUT2D eigenvalue weighted by molar-refractivity contribution is 0.00361. The smallest absolute Gasteiger partial charge is 0.164 e. The summed E-state index contributed by atoms with van der Waals surface area (Å²) in [6.07, 6.45) is 5.02. The summed E-state index contributed by atoms with van der Waals surface area (Å²) in [5, 5.41) is 28.3. The molecule has 0 radical (unpaired) electrons. The zero-order chi connectivity index (χ0) is 47.0. The van der Waals surface area contributed by atoms with Gasteiger partial charge in [-0.1, -0.05) is 13.3 Å². The van der Waals surface area contributed by atoms with Crippen molar-refractivity contribution < 1.29 is 48.1 Å². The highest BCUT2D eigenvalue weighted by atomic mass is 16.6. The molecule has 6 aromatic rings. The van der Waals surface area contributed by atoms with Gasteiger partial charge in [0.15, 0.2) is 11.3 Å². The number of nitrogens with two attached hydrogens (primary N) is 2. The first-order valence-corrected chi connectivity index (χ1v) is 22.3. The van der Waals surface area contributed by atoms with Crippen LogP contribution in [-0.2, 0) is 40.5 Å². The first-order chi connectivity index (χ1) is 32.2. The van der Waals surface area contributed by atoms with Gasteiger partial charge in [0.05, 0.1) is 109 Å². The number of aliphatic hydroxyl groups is 2. The Hall–Kier alpha value is -5.58. The second-order valence-corrected chi connectivity index (χ2v) is 15.6. The summed E-state index contributed by atoms with van der Waals surface area (Å²) in [6, 6.07) is 15.4. The van der Waals surface area contributed by atoms with Crippen LogP contribution in [0.2, 0.25) is 0 Å². The number of anilines is 2. The fourth-order valence-electron chi connectivity index (χ4n) is 6.41. The minimum atomic E-state index is -0.251. The zero-order valence-corrected chi connectivity index (χ0v) is 38.6. The Morgan fingerprint density at radius 3 is 1.33 bits per heavy atom. The topological polar surface area (TPSA) is 254 Å². The Bertz CT molecular complexity index is 2290. The van der Waals surface area contributed by atoms with Crippen molar-refractivity contribution in [1.29, 1.82) is 0 Å². The van der Waals surface area contributed by atoms with Crippen LogP contribution in [0.15, 0.2) is 61.2 Å². The molecule has 0 fully saturated rings. The monoisotopic (exact) mass is 918 g/mol. The zero-order valence-electron chi connectivity index (χ0n) is 38.6. The fraction of sp³-hybridized carbons (Fsp3) is 0.522. The van der Waals surface area contributed by atoms with E-state index >= 15 is 0 Å². The molecule has 4 heterocycles. The summed E-state index contributed by atoms with van der Waals surface area (Å²) in [5.41, 5.74) is 16.9. The largest absolute Gasteiger partial charge is 0.491 e. The lowest BCUT2D eigenvalue weighted by Gasteiger charge is -2.19. The highest BCUT2D eigenvalue weighted by molar-refractivity contribution is 5.99. The van der Waals surface area contributed by atoms with E-state index in [1.807, 2.05) is 57.9 Å². The Morgan fingerprint density at radius 1 is 0.515 bits per heavy atom. The summed E-state index contributed by atoms with van der Waals surface area (Å²) >= 11 is 0. The van der Waals surface area contributed by atoms with E-state index in [1.165, 1.54) is 12.7 Å². The third-order valence-corrected chi connectivity index (χ3v) is 9.62. The molecule has 0 unspecified atom stereocenters. The standard InChI is InChI=1S/2C23H33N5O5/c1-23(2,3)28-22-19(21(24)25-16-26-22)20(27-28)17-4-6-18(7-5-17)33-15-14-32-13-12-31-11-10-30-9-8-29;1-2-3-8-28-23-20(22(24)25-17-26-23)21(27-28)18-4-6-19(7-5-18)33-16-15-32-14-13-31-12-11-30-10-9-29/h4-7,16,29H,8-15H2,1-3H3,(H2,24,25,26);4-7,17,29H,2-3,8-16H2,1H3,(H2,24,25,26). The molecule has 20 nitrogen and oxygen atoms in total. The van der Waals surface area contributed by atoms with Gasteiger partial charge in [0.2, 0.25) is 0 Å². The first kappa shape index (κ1) is 51.4. The number of aromatic nitrogens is 8. The van der Waals surface area contributed by atoms with Crippen LogP contribution in [0.1, 0.15) is 40.5 Å². The normalized spacial score (nSPS) is 11.6. The van der Waals surface area contributed by atoms with Crippen LogP contribution in [0.25, 0.3) is 44.6 Å². The molecule has 0 atom stereocenters. The average Bonchev–Trinajstić information content (AvgIpc) is 3.91. The minimum Gasteiger partial charge on any atom is -0.491 e. The van der Waals surface area contributed by atoms with Crippen LogP contribution < -0.4 is 20.9 Å². The van der Waals surface area contributed by atoms with Gasteiger partial charge in [0.25, 0.3) is 0 Å². The summed E-state index contributed by atoms with van der Waals surface area (Å²) in [7, 11) is 0. The van der Waals surface area contributed by atoms with E-state index in [0.717, 1.165) is 69.8 Å². The molecule has 4 aromatic heterocycles. The molecule has 0 saturated heterocycles. The van der Waals surface area contributed by atoms with Gasteiger partial charge >= 0.3 is 0 Å². The molecule has 0 aliphatic rings. The van der Waals surface area contributed by atoms with E-state index in [0.29, 0.717) is 110 Å². The Balaban J connectivity index is 0.000000247. The van der Waals surface area contributed by atoms with Gasteiger partial charge in [0.1, 0.15) is 60.4 Å². The third-order valence-electron chi connectivity index (χ3n) is 9.62. The predicted octanol–water partition coefficient (Wildman–Crippen LogP) is 4.55. The number of nitrogens with zero attached hydrogens (tertiary/aromatic N) is 8. The number of benzene rings is 2. The van der Waals surface area contributed by atoms with Gasteiger partial charge in [-0.05, 0) is 75.7 Å². The molecule has 360 valence electrons. The number of aryl methyl sites for hydroxylation is 1. The summed E-state index contributed by atoms with van der Waals surface area (Å²) in [6.45, 7) is 15.5. The van der Waals surface area contributed by atoms with Crippen LogP contribution in [0.4, 0.5) is 11.6 Å². The molecule has 0 aliphatic heterocycles. The summed E-state index contributed by atoms with van der Waals surface area (Å²) < 4.78 is 47.2. The number of nitrogen functional groups attached to an aromatic ring is 2. The molecule has 6 rings (SSSR count). The maximum atomic E-state index is 8.60. The van der Waals surface area contributed by atoms with Crippen molar-refractivity contribution in [3.63, 3.8) is 0 Å². The predicted molar refractivity (Wildman–Crippen MR) is 250 cm³/mol. The molecule has 0 aliphatic carbocycles. The van der Waals surface area contributed by atoms with E-state index in [-0.39, 0.29) is 18.8 Å². The van der Waals surface area contributed by atoms with Crippen LogP contribution in [0.5, 0.6) is 11.5 Å². The van der Waals surface area contributed by atoms with E-state index in [9.17, 15) is 0 Å². The molecule has 0 spiro atoms. The van der Waals surface area contributed by atoms with Gasteiger partial charge in [0, 0.05) is 17.7 Å². The van der Waals surface area contributed by atoms with Crippen molar-refractivity contribution in [3.05, 3.63) is 61.2 Å². The second-order valence-electron chi connectivity index (χ2n) is 15.6. The number of ether oxygens (including phenoxy) is 8. The number of hydrogen-bond donors (Lipinski definition) is 4. The molecular weight excluding hydrogens is 853 g/mol. The maximum absolute atomic E-state index is 8.60. The number of aliphatic hydroxyl groups excluding tert-OH is 2. The third kappa shape index (κ3) is 15.8. The van der Waals surface area contributed by atoms with Crippen LogP contribution >= 0.6 is 0 Å². The number of rotatable bonds is 29. The van der Waals surface area contributed by atoms with Gasteiger partial charge in [-0.3, -0.25) is 0 Å². The van der Waals surface area contributed by atoms with Crippen molar-refractivity contribution in [1.82, 2.24) is 39.5 Å². The maximum Gasteiger partial charge on any atom is 0.164 e. The van der Waals surface area contributed by atoms with E-state index in [1.54, 1.807) is 0 Å². The molecule has 0 bridgehead atoms. The van der Waals surface area contributed by atoms with Crippen LogP contribution in [0.3, 0.4) is 0 Å². The fourth-order valence-corrected chi connectivity index (χ4v) is 6.41. The van der Waals surface area contributed by atoms with Crippen molar-refractivity contribution in [2.45, 2.75) is 52.6 Å². The lowest BCUT2D eigenvalue weighted by Crippen LogP contribution is -2.23. The molecule has 20 heteroatoms.